The van der Waals surface area contributed by atoms with Crippen LogP contribution in [0.2, 0.25) is 0 Å². The number of likely N-dealkylation sites (N-methyl/N-ethyl adjacent to an activating group) is 1. The molecular weight excluding hydrogens is 517 g/mol. The van der Waals surface area contributed by atoms with E-state index >= 15 is 4.39 Å². The number of hydrazine groups is 1. The zero-order valence-corrected chi connectivity index (χ0v) is 22.0. The van der Waals surface area contributed by atoms with Crippen molar-refractivity contribution < 1.29 is 42.0 Å². The normalized spacial score (nSPS) is 13.6. The minimum atomic E-state index is -4.25. The lowest BCUT2D eigenvalue weighted by Crippen LogP contribution is -2.59. The number of amides is 2. The van der Waals surface area contributed by atoms with Crippen molar-refractivity contribution in [2.45, 2.75) is 56.3 Å². The Hall–Kier alpha value is -3.37. The van der Waals surface area contributed by atoms with E-state index in [0.717, 1.165) is 21.4 Å². The average molecular weight is 550 g/mol. The van der Waals surface area contributed by atoms with Crippen LogP contribution in [0.3, 0.4) is 0 Å². The fraction of sp³-hybridized carbons (Fsp3) is 0.571. The van der Waals surface area contributed by atoms with Crippen molar-refractivity contribution in [2.24, 2.45) is 0 Å². The van der Waals surface area contributed by atoms with Crippen LogP contribution in [0, 0.1) is 10.1 Å². The number of unbranched alkanes of at least 4 members (excludes halogenated alkanes) is 1. The Morgan fingerprint density at radius 2 is 1.76 bits per heavy atom. The number of carboxylic acid groups (broad SMARTS) is 1. The number of alkyl carbamates (subject to hydrolysis) is 1. The molecule has 0 saturated carbocycles. The van der Waals surface area contributed by atoms with E-state index in [1.807, 2.05) is 10.7 Å². The quantitative estimate of drug-likeness (QED) is 0.141. The Morgan fingerprint density at radius 1 is 1.16 bits per heavy atom. The molecule has 1 unspecified atom stereocenters. The smallest absolute Gasteiger partial charge is 0.410 e. The summed E-state index contributed by atoms with van der Waals surface area (Å²) in [6, 6.07) is 4.82. The first-order chi connectivity index (χ1) is 16.9. The molecule has 0 saturated heterocycles. The topological polar surface area (TPSA) is 188 Å². The molecule has 1 atom stereocenters. The SMILES string of the molecule is CN(CC(=O)O)NC(=O)C(F)(CCCCN(C)S(=O)(=O)c1ccccc1[N+](=O)[O-])NC(=O)OC(C)(C)C. The minimum absolute atomic E-state index is 0.0102. The number of carbonyl (C=O) groups excluding carboxylic acids is 2. The van der Waals surface area contributed by atoms with E-state index in [0.29, 0.717) is 0 Å². The van der Waals surface area contributed by atoms with E-state index in [4.69, 9.17) is 9.84 Å². The molecule has 14 nitrogen and oxygen atoms in total. The van der Waals surface area contributed by atoms with Crippen LogP contribution in [0.25, 0.3) is 0 Å². The van der Waals surface area contributed by atoms with Crippen molar-refractivity contribution in [3.05, 3.63) is 34.4 Å². The number of ether oxygens (including phenoxy) is 1. The molecule has 0 aromatic heterocycles. The first kappa shape index (κ1) is 31.7. The third kappa shape index (κ3) is 9.89. The predicted molar refractivity (Wildman–Crippen MR) is 128 cm³/mol. The van der Waals surface area contributed by atoms with Gasteiger partial charge in [0.05, 0.1) is 4.92 Å². The number of aliphatic carboxylic acids is 1. The van der Waals surface area contributed by atoms with Gasteiger partial charge in [0.1, 0.15) is 12.1 Å². The lowest BCUT2D eigenvalue weighted by atomic mass is 10.1. The van der Waals surface area contributed by atoms with E-state index in [1.165, 1.54) is 47.0 Å². The van der Waals surface area contributed by atoms with Crippen LogP contribution in [0.15, 0.2) is 29.2 Å². The molecule has 3 N–H and O–H groups in total. The van der Waals surface area contributed by atoms with E-state index in [1.54, 1.807) is 0 Å². The van der Waals surface area contributed by atoms with Crippen molar-refractivity contribution in [3.63, 3.8) is 0 Å². The van der Waals surface area contributed by atoms with Gasteiger partial charge in [-0.2, -0.15) is 0 Å². The zero-order chi connectivity index (χ0) is 28.6. The third-order valence-corrected chi connectivity index (χ3v) is 6.62. The fourth-order valence-electron chi connectivity index (χ4n) is 3.02. The second-order valence-corrected chi connectivity index (χ2v) is 11.1. The van der Waals surface area contributed by atoms with Crippen LogP contribution < -0.4 is 10.7 Å². The zero-order valence-electron chi connectivity index (χ0n) is 21.2. The average Bonchev–Trinajstić information content (AvgIpc) is 2.74. The fourth-order valence-corrected chi connectivity index (χ4v) is 4.38. The number of alkyl halides is 1. The monoisotopic (exact) mass is 549 g/mol. The third-order valence-electron chi connectivity index (χ3n) is 4.72. The van der Waals surface area contributed by atoms with E-state index in [-0.39, 0.29) is 19.4 Å². The number of hydrogen-bond acceptors (Lipinski definition) is 9. The van der Waals surface area contributed by atoms with E-state index < -0.39 is 67.9 Å². The van der Waals surface area contributed by atoms with Gasteiger partial charge in [-0.3, -0.25) is 30.4 Å². The second kappa shape index (κ2) is 12.7. The molecule has 1 aromatic carbocycles. The molecule has 0 spiro atoms. The number of rotatable bonds is 13. The van der Waals surface area contributed by atoms with Gasteiger partial charge < -0.3 is 9.84 Å². The maximum absolute atomic E-state index is 15.7. The summed E-state index contributed by atoms with van der Waals surface area (Å²) < 4.78 is 47.1. The molecule has 1 aromatic rings. The number of nitro benzene ring substituents is 1. The van der Waals surface area contributed by atoms with Crippen molar-refractivity contribution >= 4 is 33.7 Å². The van der Waals surface area contributed by atoms with Gasteiger partial charge in [-0.15, -0.1) is 0 Å². The van der Waals surface area contributed by atoms with Crippen LogP contribution in [0.1, 0.15) is 40.0 Å². The summed E-state index contributed by atoms with van der Waals surface area (Å²) in [6.07, 6.45) is -1.95. The Morgan fingerprint density at radius 3 is 2.30 bits per heavy atom. The first-order valence-corrected chi connectivity index (χ1v) is 12.5. The number of carboxylic acids is 1. The molecule has 37 heavy (non-hydrogen) atoms. The number of benzene rings is 1. The summed E-state index contributed by atoms with van der Waals surface area (Å²) in [5.74, 6) is -5.68. The number of nitrogens with zero attached hydrogens (tertiary/aromatic N) is 3. The van der Waals surface area contributed by atoms with Crippen LogP contribution in [-0.4, -0.2) is 84.3 Å². The number of hydrogen-bond donors (Lipinski definition) is 3. The summed E-state index contributed by atoms with van der Waals surface area (Å²) >= 11 is 0. The Labute approximate surface area is 213 Å². The highest BCUT2D eigenvalue weighted by atomic mass is 32.2. The predicted octanol–water partition coefficient (Wildman–Crippen LogP) is 1.62. The van der Waals surface area contributed by atoms with E-state index in [9.17, 15) is 32.9 Å². The maximum Gasteiger partial charge on any atom is 0.410 e. The van der Waals surface area contributed by atoms with E-state index in [2.05, 4.69) is 0 Å². The second-order valence-electron chi connectivity index (χ2n) is 9.13. The molecular formula is C21H32FN5O9S. The lowest BCUT2D eigenvalue weighted by molar-refractivity contribution is -0.387. The lowest BCUT2D eigenvalue weighted by Gasteiger charge is -2.29. The van der Waals surface area contributed by atoms with Crippen LogP contribution in [0.4, 0.5) is 14.9 Å². The van der Waals surface area contributed by atoms with Crippen molar-refractivity contribution in [1.82, 2.24) is 20.1 Å². The largest absolute Gasteiger partial charge is 0.480 e. The maximum atomic E-state index is 15.7. The van der Waals surface area contributed by atoms with Crippen molar-refractivity contribution in [1.29, 1.82) is 0 Å². The van der Waals surface area contributed by atoms with Gasteiger partial charge in [0.25, 0.3) is 17.4 Å². The molecule has 0 fully saturated rings. The summed E-state index contributed by atoms with van der Waals surface area (Å²) in [7, 11) is -1.87. The summed E-state index contributed by atoms with van der Waals surface area (Å²) in [4.78, 5) is 45.4. The van der Waals surface area contributed by atoms with Crippen LogP contribution in [0.5, 0.6) is 0 Å². The molecule has 0 radical (unpaired) electrons. The Bertz CT molecular complexity index is 1110. The van der Waals surface area contributed by atoms with Crippen molar-refractivity contribution in [3.8, 4) is 0 Å². The number of para-hydroxylation sites is 1. The summed E-state index contributed by atoms with van der Waals surface area (Å²) in [5, 5.41) is 22.7. The number of nitrogens with one attached hydrogen (secondary N) is 2. The summed E-state index contributed by atoms with van der Waals surface area (Å²) in [6.45, 7) is 3.75. The van der Waals surface area contributed by atoms with Gasteiger partial charge in [0, 0.05) is 33.1 Å². The number of halogens is 1. The highest BCUT2D eigenvalue weighted by Gasteiger charge is 2.42. The highest BCUT2D eigenvalue weighted by Crippen LogP contribution is 2.26. The molecule has 208 valence electrons. The van der Waals surface area contributed by atoms with Gasteiger partial charge in [0.15, 0.2) is 4.90 Å². The van der Waals surface area contributed by atoms with Crippen molar-refractivity contribution in [2.75, 3.05) is 27.2 Å². The molecule has 2 amide bonds. The number of nitro groups is 1. The number of sulfonamides is 1. The Balaban J connectivity index is 2.94. The van der Waals surface area contributed by atoms with Gasteiger partial charge >= 0.3 is 12.1 Å². The molecule has 0 aliphatic rings. The molecule has 0 aliphatic carbocycles. The molecule has 0 aliphatic heterocycles. The van der Waals surface area contributed by atoms with Gasteiger partial charge in [-0.05, 0) is 39.7 Å². The molecule has 16 heteroatoms. The van der Waals surface area contributed by atoms with Gasteiger partial charge in [-0.1, -0.05) is 12.1 Å². The van der Waals surface area contributed by atoms with Gasteiger partial charge in [-0.25, -0.2) is 26.9 Å². The summed E-state index contributed by atoms with van der Waals surface area (Å²) in [5.41, 5.74) is 0.433. The molecule has 0 heterocycles. The van der Waals surface area contributed by atoms with Crippen LogP contribution in [-0.2, 0) is 24.3 Å². The highest BCUT2D eigenvalue weighted by molar-refractivity contribution is 7.89. The van der Waals surface area contributed by atoms with Gasteiger partial charge in [0.2, 0.25) is 10.0 Å². The first-order valence-electron chi connectivity index (χ1n) is 11.0. The van der Waals surface area contributed by atoms with Crippen LogP contribution >= 0.6 is 0 Å². The minimum Gasteiger partial charge on any atom is -0.480 e. The molecule has 1 rings (SSSR count). The number of carbonyl (C=O) groups is 3. The Kier molecular flexibility index (Phi) is 10.9. The molecule has 0 bridgehead atoms. The standard InChI is InChI=1S/C21H32FN5O9S/c1-20(2,3)36-19(31)23-21(22,18(30)24-25(4)14-17(28)29)12-8-9-13-26(5)37(34,35)16-11-7-6-10-15(16)27(32)33/h6-7,10-11H,8-9,12-14H2,1-5H3,(H,23,31)(H,24,30)(H,28,29).